The molecule has 0 spiro atoms. The average Bonchev–Trinajstić information content (AvgIpc) is 2.80. The van der Waals surface area contributed by atoms with Crippen LogP contribution in [0.25, 0.3) is 0 Å². The molecular weight excluding hydrogens is 218 g/mol. The number of hydrogen-bond acceptors (Lipinski definition) is 3. The zero-order valence-electron chi connectivity index (χ0n) is 10.2. The van der Waals surface area contributed by atoms with Gasteiger partial charge in [0.1, 0.15) is 0 Å². The largest absolute Gasteiger partial charge is 0.381 e. The molecule has 1 aliphatic rings. The molecule has 1 atom stereocenters. The van der Waals surface area contributed by atoms with Gasteiger partial charge in [-0.15, -0.1) is 0 Å². The van der Waals surface area contributed by atoms with Crippen molar-refractivity contribution in [3.8, 4) is 0 Å². The molecule has 2 nitrogen and oxygen atoms in total. The Morgan fingerprint density at radius 3 is 2.88 bits per heavy atom. The maximum Gasteiger partial charge on any atom is 0.0471 e. The number of rotatable bonds is 4. The minimum Gasteiger partial charge on any atom is -0.381 e. The van der Waals surface area contributed by atoms with Gasteiger partial charge in [-0.3, -0.25) is 0 Å². The highest BCUT2D eigenvalue weighted by molar-refractivity contribution is 7.07. The molecule has 1 N–H and O–H groups in total. The fourth-order valence-electron chi connectivity index (χ4n) is 2.08. The highest BCUT2D eigenvalue weighted by atomic mass is 32.1. The topological polar surface area (TPSA) is 21.3 Å². The van der Waals surface area contributed by atoms with E-state index in [1.165, 1.54) is 18.4 Å². The van der Waals surface area contributed by atoms with Crippen LogP contribution in [0.5, 0.6) is 0 Å². The Kier molecular flexibility index (Phi) is 4.00. The summed E-state index contributed by atoms with van der Waals surface area (Å²) in [4.78, 5) is 0. The number of nitrogens with one attached hydrogen (secondary N) is 1. The van der Waals surface area contributed by atoms with Crippen LogP contribution in [0.1, 0.15) is 38.3 Å². The molecule has 1 aliphatic heterocycles. The average molecular weight is 239 g/mol. The normalized spacial score (nSPS) is 21.9. The lowest BCUT2D eigenvalue weighted by Crippen LogP contribution is -2.37. The van der Waals surface area contributed by atoms with Crippen molar-refractivity contribution in [2.75, 3.05) is 19.8 Å². The van der Waals surface area contributed by atoms with Crippen LogP contribution in [0.3, 0.4) is 0 Å². The van der Waals surface area contributed by atoms with Crippen LogP contribution in [0.4, 0.5) is 0 Å². The standard InChI is InChI=1S/C13H21NOS/c1-11(12-3-8-16-9-12)14-10-13(2)4-6-15-7-5-13/h3,8-9,11,14H,4-7,10H2,1-2H3. The van der Waals surface area contributed by atoms with Crippen molar-refractivity contribution in [2.45, 2.75) is 32.7 Å². The van der Waals surface area contributed by atoms with Crippen LogP contribution in [0, 0.1) is 5.41 Å². The Hall–Kier alpha value is -0.380. The molecule has 3 heteroatoms. The summed E-state index contributed by atoms with van der Waals surface area (Å²) in [5.74, 6) is 0. The highest BCUT2D eigenvalue weighted by Gasteiger charge is 2.27. The maximum absolute atomic E-state index is 5.42. The van der Waals surface area contributed by atoms with Crippen molar-refractivity contribution in [3.63, 3.8) is 0 Å². The smallest absolute Gasteiger partial charge is 0.0471 e. The van der Waals surface area contributed by atoms with Gasteiger partial charge in [-0.25, -0.2) is 0 Å². The molecule has 0 aliphatic carbocycles. The quantitative estimate of drug-likeness (QED) is 0.871. The zero-order chi connectivity index (χ0) is 11.4. The third kappa shape index (κ3) is 3.06. The van der Waals surface area contributed by atoms with Crippen LogP contribution in [0.2, 0.25) is 0 Å². The van der Waals surface area contributed by atoms with E-state index in [0.717, 1.165) is 19.8 Å². The predicted octanol–water partition coefficient (Wildman–Crippen LogP) is 3.22. The van der Waals surface area contributed by atoms with Crippen LogP contribution in [0.15, 0.2) is 16.8 Å². The van der Waals surface area contributed by atoms with Crippen LogP contribution in [-0.4, -0.2) is 19.8 Å². The number of thiophene rings is 1. The Morgan fingerprint density at radius 2 is 2.25 bits per heavy atom. The molecular formula is C13H21NOS. The molecule has 2 rings (SSSR count). The van der Waals surface area contributed by atoms with Crippen molar-refractivity contribution in [2.24, 2.45) is 5.41 Å². The van der Waals surface area contributed by atoms with Gasteiger partial charge in [0.2, 0.25) is 0 Å². The Balaban J connectivity index is 1.82. The van der Waals surface area contributed by atoms with Crippen molar-refractivity contribution in [1.82, 2.24) is 5.32 Å². The number of ether oxygens (including phenoxy) is 1. The van der Waals surface area contributed by atoms with E-state index in [0.29, 0.717) is 11.5 Å². The first-order valence-corrected chi connectivity index (χ1v) is 6.97. The van der Waals surface area contributed by atoms with Crippen LogP contribution < -0.4 is 5.32 Å². The van der Waals surface area contributed by atoms with E-state index in [4.69, 9.17) is 4.74 Å². The summed E-state index contributed by atoms with van der Waals surface area (Å²) in [5.41, 5.74) is 1.82. The van der Waals surface area contributed by atoms with E-state index in [-0.39, 0.29) is 0 Å². The van der Waals surface area contributed by atoms with Crippen LogP contribution >= 0.6 is 11.3 Å². The molecule has 1 aromatic heterocycles. The van der Waals surface area contributed by atoms with Crippen molar-refractivity contribution >= 4 is 11.3 Å². The fourth-order valence-corrected chi connectivity index (χ4v) is 2.83. The third-order valence-electron chi connectivity index (χ3n) is 3.58. The van der Waals surface area contributed by atoms with Gasteiger partial charge in [-0.1, -0.05) is 6.92 Å². The first-order chi connectivity index (χ1) is 7.70. The molecule has 2 heterocycles. The maximum atomic E-state index is 5.42. The molecule has 1 fully saturated rings. The van der Waals surface area contributed by atoms with Gasteiger partial charge < -0.3 is 10.1 Å². The Labute approximate surface area is 102 Å². The summed E-state index contributed by atoms with van der Waals surface area (Å²) in [6, 6.07) is 2.67. The summed E-state index contributed by atoms with van der Waals surface area (Å²) in [5, 5.41) is 8.02. The summed E-state index contributed by atoms with van der Waals surface area (Å²) in [6.07, 6.45) is 2.35. The number of hydrogen-bond donors (Lipinski definition) is 1. The monoisotopic (exact) mass is 239 g/mol. The molecule has 16 heavy (non-hydrogen) atoms. The molecule has 0 amide bonds. The molecule has 0 aromatic carbocycles. The van der Waals surface area contributed by atoms with Crippen molar-refractivity contribution < 1.29 is 4.74 Å². The Bertz CT molecular complexity index is 304. The Morgan fingerprint density at radius 1 is 1.50 bits per heavy atom. The zero-order valence-corrected chi connectivity index (χ0v) is 11.0. The minimum absolute atomic E-state index is 0.419. The first kappa shape index (κ1) is 12.1. The lowest BCUT2D eigenvalue weighted by Gasteiger charge is -2.34. The van der Waals surface area contributed by atoms with E-state index < -0.39 is 0 Å². The summed E-state index contributed by atoms with van der Waals surface area (Å²) >= 11 is 1.77. The van der Waals surface area contributed by atoms with Gasteiger partial charge in [0, 0.05) is 25.8 Å². The molecule has 0 bridgehead atoms. The fraction of sp³-hybridized carbons (Fsp3) is 0.692. The summed E-state index contributed by atoms with van der Waals surface area (Å²) in [7, 11) is 0. The summed E-state index contributed by atoms with van der Waals surface area (Å²) < 4.78 is 5.42. The van der Waals surface area contributed by atoms with Gasteiger partial charge in [0.25, 0.3) is 0 Å². The van der Waals surface area contributed by atoms with Gasteiger partial charge in [-0.05, 0) is 47.6 Å². The lowest BCUT2D eigenvalue weighted by molar-refractivity contribution is 0.0231. The highest BCUT2D eigenvalue weighted by Crippen LogP contribution is 2.29. The van der Waals surface area contributed by atoms with Gasteiger partial charge in [-0.2, -0.15) is 11.3 Å². The first-order valence-electron chi connectivity index (χ1n) is 6.03. The third-order valence-corrected chi connectivity index (χ3v) is 4.28. The molecule has 1 unspecified atom stereocenters. The van der Waals surface area contributed by atoms with E-state index in [9.17, 15) is 0 Å². The minimum atomic E-state index is 0.419. The molecule has 0 saturated carbocycles. The van der Waals surface area contributed by atoms with Gasteiger partial charge in [0.05, 0.1) is 0 Å². The van der Waals surface area contributed by atoms with Gasteiger partial charge in [0.15, 0.2) is 0 Å². The van der Waals surface area contributed by atoms with Crippen molar-refractivity contribution in [1.29, 1.82) is 0 Å². The molecule has 1 saturated heterocycles. The molecule has 1 aromatic rings. The molecule has 90 valence electrons. The second-order valence-corrected chi connectivity index (χ2v) is 5.86. The second-order valence-electron chi connectivity index (χ2n) is 5.08. The van der Waals surface area contributed by atoms with E-state index in [1.807, 2.05) is 0 Å². The van der Waals surface area contributed by atoms with Crippen LogP contribution in [-0.2, 0) is 4.74 Å². The summed E-state index contributed by atoms with van der Waals surface area (Å²) in [6.45, 7) is 7.54. The van der Waals surface area contributed by atoms with E-state index in [1.54, 1.807) is 11.3 Å². The SMILES string of the molecule is CC(NCC1(C)CCOCC1)c1ccsc1. The van der Waals surface area contributed by atoms with Gasteiger partial charge >= 0.3 is 0 Å². The van der Waals surface area contributed by atoms with Crippen molar-refractivity contribution in [3.05, 3.63) is 22.4 Å². The van der Waals surface area contributed by atoms with E-state index in [2.05, 4.69) is 36.0 Å². The second kappa shape index (κ2) is 5.30. The molecule has 0 radical (unpaired) electrons. The predicted molar refractivity (Wildman–Crippen MR) is 68.9 cm³/mol. The van der Waals surface area contributed by atoms with E-state index >= 15 is 0 Å². The lowest BCUT2D eigenvalue weighted by atomic mass is 9.82.